The molecule has 3 N–H and O–H groups in total. The van der Waals surface area contributed by atoms with Gasteiger partial charge in [0.05, 0.1) is 29.6 Å². The van der Waals surface area contributed by atoms with Crippen molar-refractivity contribution in [2.24, 2.45) is 5.92 Å². The molecule has 2 fully saturated rings. The van der Waals surface area contributed by atoms with Gasteiger partial charge in [-0.05, 0) is 109 Å². The molecule has 1 aromatic carbocycles. The standard InChI is InChI=1S/C34H49N5O4/c1-33(2)22-39(23-34(3,4)43-33)28-13-5-9-25(19-28)29(20-30(40)41)37-32(42)26-11-7-17-38(21-26)18-8-12-27-15-14-24-10-6-16-35-31(24)36-27/h5,9,13-15,19,26,29H,6-8,10-12,16-18,20-23H2,1-4H3,(H,35,36)(H,37,42)(H,40,41). The first-order chi connectivity index (χ1) is 20.5. The summed E-state index contributed by atoms with van der Waals surface area (Å²) in [6.45, 7) is 13.4. The molecule has 2 aromatic rings. The second kappa shape index (κ2) is 13.2. The van der Waals surface area contributed by atoms with Gasteiger partial charge in [-0.1, -0.05) is 18.2 Å². The molecule has 5 rings (SSSR count). The van der Waals surface area contributed by atoms with Gasteiger partial charge in [-0.25, -0.2) is 4.98 Å². The van der Waals surface area contributed by atoms with Gasteiger partial charge in [-0.2, -0.15) is 0 Å². The molecule has 9 heteroatoms. The van der Waals surface area contributed by atoms with Gasteiger partial charge in [0.15, 0.2) is 0 Å². The van der Waals surface area contributed by atoms with Crippen molar-refractivity contribution in [3.63, 3.8) is 0 Å². The Labute approximate surface area is 256 Å². The topological polar surface area (TPSA) is 107 Å². The molecular weight excluding hydrogens is 542 g/mol. The fourth-order valence-electron chi connectivity index (χ4n) is 7.09. The molecule has 234 valence electrons. The summed E-state index contributed by atoms with van der Waals surface area (Å²) in [4.78, 5) is 34.9. The van der Waals surface area contributed by atoms with Crippen molar-refractivity contribution in [2.75, 3.05) is 49.5 Å². The number of carboxylic acids is 1. The fraction of sp³-hybridized carbons (Fsp3) is 0.618. The van der Waals surface area contributed by atoms with Crippen LogP contribution < -0.4 is 15.5 Å². The molecular formula is C34H49N5O4. The van der Waals surface area contributed by atoms with Crippen LogP contribution in [0.1, 0.15) is 82.7 Å². The number of piperidine rings is 1. The number of ether oxygens (including phenoxy) is 1. The number of carbonyl (C=O) groups excluding carboxylic acids is 1. The van der Waals surface area contributed by atoms with E-state index in [2.05, 4.69) is 66.3 Å². The lowest BCUT2D eigenvalue weighted by Crippen LogP contribution is -2.57. The number of carboxylic acid groups (broad SMARTS) is 1. The molecule has 2 saturated heterocycles. The maximum absolute atomic E-state index is 13.5. The number of hydrogen-bond acceptors (Lipinski definition) is 7. The van der Waals surface area contributed by atoms with Crippen molar-refractivity contribution >= 4 is 23.4 Å². The molecule has 4 heterocycles. The lowest BCUT2D eigenvalue weighted by molar-refractivity contribution is -0.138. The van der Waals surface area contributed by atoms with E-state index in [1.54, 1.807) is 0 Å². The Balaban J connectivity index is 1.19. The Kier molecular flexibility index (Phi) is 9.61. The highest BCUT2D eigenvalue weighted by atomic mass is 16.5. The number of fused-ring (bicyclic) bond motifs is 1. The zero-order chi connectivity index (χ0) is 30.6. The summed E-state index contributed by atoms with van der Waals surface area (Å²) in [5.74, 6) is -0.101. The third-order valence-electron chi connectivity index (χ3n) is 8.76. The first-order valence-electron chi connectivity index (χ1n) is 16.0. The summed E-state index contributed by atoms with van der Waals surface area (Å²) in [6, 6.07) is 11.7. The van der Waals surface area contributed by atoms with Crippen LogP contribution in [0.2, 0.25) is 0 Å². The van der Waals surface area contributed by atoms with E-state index in [4.69, 9.17) is 9.72 Å². The highest BCUT2D eigenvalue weighted by Gasteiger charge is 2.38. The molecule has 0 radical (unpaired) electrons. The summed E-state index contributed by atoms with van der Waals surface area (Å²) < 4.78 is 6.25. The Hall–Kier alpha value is -3.17. The molecule has 0 saturated carbocycles. The predicted molar refractivity (Wildman–Crippen MR) is 170 cm³/mol. The molecule has 0 spiro atoms. The van der Waals surface area contributed by atoms with E-state index in [1.807, 2.05) is 18.2 Å². The maximum Gasteiger partial charge on any atom is 0.305 e. The van der Waals surface area contributed by atoms with Crippen molar-refractivity contribution in [1.82, 2.24) is 15.2 Å². The smallest absolute Gasteiger partial charge is 0.305 e. The van der Waals surface area contributed by atoms with Crippen LogP contribution in [0.5, 0.6) is 0 Å². The zero-order valence-electron chi connectivity index (χ0n) is 26.3. The second-order valence-electron chi connectivity index (χ2n) is 13.8. The summed E-state index contributed by atoms with van der Waals surface area (Å²) in [7, 11) is 0. The minimum atomic E-state index is -0.930. The Bertz CT molecular complexity index is 1280. The summed E-state index contributed by atoms with van der Waals surface area (Å²) >= 11 is 0. The van der Waals surface area contributed by atoms with E-state index in [9.17, 15) is 14.7 Å². The number of likely N-dealkylation sites (tertiary alicyclic amines) is 1. The van der Waals surface area contributed by atoms with E-state index >= 15 is 0 Å². The number of anilines is 2. The molecule has 9 nitrogen and oxygen atoms in total. The van der Waals surface area contributed by atoms with Crippen LogP contribution in [-0.2, 0) is 27.2 Å². The minimum Gasteiger partial charge on any atom is -0.481 e. The first kappa shape index (κ1) is 31.3. The number of aromatic nitrogens is 1. The quantitative estimate of drug-likeness (QED) is 0.362. The van der Waals surface area contributed by atoms with Gasteiger partial charge in [0.2, 0.25) is 5.91 Å². The van der Waals surface area contributed by atoms with Crippen LogP contribution in [0, 0.1) is 5.92 Å². The van der Waals surface area contributed by atoms with Crippen LogP contribution in [-0.4, -0.2) is 77.3 Å². The van der Waals surface area contributed by atoms with Crippen LogP contribution in [0.4, 0.5) is 11.5 Å². The molecule has 0 aliphatic carbocycles. The molecule has 0 bridgehead atoms. The second-order valence-corrected chi connectivity index (χ2v) is 13.8. The highest BCUT2D eigenvalue weighted by molar-refractivity contribution is 5.80. The molecule has 2 unspecified atom stereocenters. The third-order valence-corrected chi connectivity index (χ3v) is 8.76. The number of hydrogen-bond donors (Lipinski definition) is 3. The number of amides is 1. The van der Waals surface area contributed by atoms with Gasteiger partial charge in [-0.15, -0.1) is 0 Å². The van der Waals surface area contributed by atoms with Gasteiger partial charge in [-0.3, -0.25) is 9.59 Å². The van der Waals surface area contributed by atoms with Gasteiger partial charge < -0.3 is 30.3 Å². The minimum absolute atomic E-state index is 0.0579. The van der Waals surface area contributed by atoms with Crippen LogP contribution in [0.3, 0.4) is 0 Å². The number of pyridine rings is 1. The van der Waals surface area contributed by atoms with Gasteiger partial charge in [0, 0.05) is 37.6 Å². The average molecular weight is 592 g/mol. The van der Waals surface area contributed by atoms with Crippen molar-refractivity contribution < 1.29 is 19.4 Å². The molecule has 3 aliphatic rings. The summed E-state index contributed by atoms with van der Waals surface area (Å²) in [5, 5.41) is 16.3. The maximum atomic E-state index is 13.5. The summed E-state index contributed by atoms with van der Waals surface area (Å²) in [5.41, 5.74) is 3.63. The number of benzene rings is 1. The van der Waals surface area contributed by atoms with Gasteiger partial charge in [0.1, 0.15) is 5.82 Å². The number of nitrogens with zero attached hydrogens (tertiary/aromatic N) is 3. The Morgan fingerprint density at radius 1 is 1.14 bits per heavy atom. The fourth-order valence-corrected chi connectivity index (χ4v) is 7.09. The van der Waals surface area contributed by atoms with Crippen LogP contribution >= 0.6 is 0 Å². The van der Waals surface area contributed by atoms with E-state index in [0.717, 1.165) is 94.0 Å². The normalized spacial score (nSPS) is 22.2. The van der Waals surface area contributed by atoms with E-state index < -0.39 is 12.0 Å². The van der Waals surface area contributed by atoms with Crippen molar-refractivity contribution in [1.29, 1.82) is 0 Å². The number of aliphatic carboxylic acids is 1. The van der Waals surface area contributed by atoms with Crippen molar-refractivity contribution in [2.45, 2.75) is 89.9 Å². The predicted octanol–water partition coefficient (Wildman–Crippen LogP) is 4.81. The number of aryl methyl sites for hydroxylation is 2. The lowest BCUT2D eigenvalue weighted by atomic mass is 9.94. The van der Waals surface area contributed by atoms with Crippen LogP contribution in [0.15, 0.2) is 36.4 Å². The number of nitrogens with one attached hydrogen (secondary N) is 2. The molecule has 3 aliphatic heterocycles. The highest BCUT2D eigenvalue weighted by Crippen LogP contribution is 2.33. The third kappa shape index (κ3) is 8.48. The number of rotatable bonds is 10. The monoisotopic (exact) mass is 591 g/mol. The van der Waals surface area contributed by atoms with Crippen molar-refractivity contribution in [3.05, 3.63) is 53.2 Å². The molecule has 2 atom stereocenters. The van der Waals surface area contributed by atoms with Gasteiger partial charge >= 0.3 is 5.97 Å². The summed E-state index contributed by atoms with van der Waals surface area (Å²) in [6.07, 6.45) is 5.77. The Morgan fingerprint density at radius 3 is 2.70 bits per heavy atom. The van der Waals surface area contributed by atoms with Crippen LogP contribution in [0.25, 0.3) is 0 Å². The SMILES string of the molecule is CC1(C)CN(c2cccc(C(CC(=O)O)NC(=O)C3CCCN(CCCc4ccc5c(n4)NCCC5)C3)c2)CC(C)(C)O1. The zero-order valence-corrected chi connectivity index (χ0v) is 26.3. The number of morpholine rings is 1. The lowest BCUT2D eigenvalue weighted by Gasteiger charge is -2.48. The molecule has 1 aromatic heterocycles. The largest absolute Gasteiger partial charge is 0.481 e. The van der Waals surface area contributed by atoms with E-state index in [1.165, 1.54) is 5.56 Å². The molecule has 43 heavy (non-hydrogen) atoms. The first-order valence-corrected chi connectivity index (χ1v) is 16.0. The average Bonchev–Trinajstić information content (AvgIpc) is 2.95. The van der Waals surface area contributed by atoms with Crippen molar-refractivity contribution in [3.8, 4) is 0 Å². The van der Waals surface area contributed by atoms with E-state index in [-0.39, 0.29) is 29.4 Å². The van der Waals surface area contributed by atoms with E-state index in [0.29, 0.717) is 6.54 Å². The number of carbonyl (C=O) groups is 2. The van der Waals surface area contributed by atoms with Gasteiger partial charge in [0.25, 0.3) is 0 Å². The molecule has 1 amide bonds. The Morgan fingerprint density at radius 2 is 1.93 bits per heavy atom.